The van der Waals surface area contributed by atoms with Gasteiger partial charge in [0.05, 0.1) is 24.0 Å². The summed E-state index contributed by atoms with van der Waals surface area (Å²) in [5.41, 5.74) is 0.870. The third-order valence-corrected chi connectivity index (χ3v) is 6.77. The third kappa shape index (κ3) is 7.14. The molecule has 4 heterocycles. The molecule has 12 heteroatoms. The highest BCUT2D eigenvalue weighted by atomic mass is 19.1. The molecular formula is C29H31FN6O5. The quantitative estimate of drug-likeness (QED) is 0.288. The van der Waals surface area contributed by atoms with Crippen molar-refractivity contribution in [3.8, 4) is 28.6 Å². The Bertz CT molecular complexity index is 1450. The van der Waals surface area contributed by atoms with Crippen molar-refractivity contribution >= 4 is 11.8 Å². The SMILES string of the molecule is C[C@H](NC(=O)c1ccco1)C(=O)N1CCCN(CCCOc2ccc(-c3noc(-c4cccnc4)n3)c(F)c2)CC1. The van der Waals surface area contributed by atoms with Gasteiger partial charge >= 0.3 is 0 Å². The average Bonchev–Trinajstić information content (AvgIpc) is 3.65. The maximum atomic E-state index is 14.8. The van der Waals surface area contributed by atoms with Gasteiger partial charge in [-0.05, 0) is 62.7 Å². The summed E-state index contributed by atoms with van der Waals surface area (Å²) in [5, 5.41) is 6.59. The normalized spacial score (nSPS) is 14.8. The summed E-state index contributed by atoms with van der Waals surface area (Å²) >= 11 is 0. The minimum absolute atomic E-state index is 0.116. The molecule has 0 radical (unpaired) electrons. The van der Waals surface area contributed by atoms with Crippen LogP contribution in [-0.4, -0.2) is 82.1 Å². The number of furan rings is 1. The highest BCUT2D eigenvalue weighted by Gasteiger charge is 2.25. The van der Waals surface area contributed by atoms with Crippen LogP contribution < -0.4 is 10.1 Å². The molecule has 0 unspecified atom stereocenters. The van der Waals surface area contributed by atoms with Gasteiger partial charge in [0.25, 0.3) is 11.8 Å². The summed E-state index contributed by atoms with van der Waals surface area (Å²) in [5.74, 6) is -0.0272. The molecule has 1 N–H and O–H groups in total. The van der Waals surface area contributed by atoms with Gasteiger partial charge in [-0.1, -0.05) is 5.16 Å². The number of benzene rings is 1. The monoisotopic (exact) mass is 562 g/mol. The highest BCUT2D eigenvalue weighted by Crippen LogP contribution is 2.26. The fourth-order valence-electron chi connectivity index (χ4n) is 4.61. The lowest BCUT2D eigenvalue weighted by molar-refractivity contribution is -0.132. The molecule has 1 fully saturated rings. The number of hydrogen-bond donors (Lipinski definition) is 1. The topological polar surface area (TPSA) is 127 Å². The molecule has 11 nitrogen and oxygen atoms in total. The van der Waals surface area contributed by atoms with Crippen molar-refractivity contribution in [3.05, 3.63) is 72.7 Å². The van der Waals surface area contributed by atoms with Crippen LogP contribution in [0, 0.1) is 5.82 Å². The number of ether oxygens (including phenoxy) is 1. The maximum absolute atomic E-state index is 14.8. The predicted molar refractivity (Wildman–Crippen MR) is 146 cm³/mol. The molecule has 0 spiro atoms. The number of halogens is 1. The van der Waals surface area contributed by atoms with Crippen molar-refractivity contribution < 1.29 is 27.7 Å². The van der Waals surface area contributed by atoms with Gasteiger partial charge in [0.15, 0.2) is 5.76 Å². The fourth-order valence-corrected chi connectivity index (χ4v) is 4.61. The van der Waals surface area contributed by atoms with Crippen LogP contribution in [0.5, 0.6) is 5.75 Å². The smallest absolute Gasteiger partial charge is 0.287 e. The average molecular weight is 563 g/mol. The lowest BCUT2D eigenvalue weighted by atomic mass is 10.2. The summed E-state index contributed by atoms with van der Waals surface area (Å²) in [6, 6.07) is 10.6. The van der Waals surface area contributed by atoms with E-state index in [1.807, 2.05) is 0 Å². The third-order valence-electron chi connectivity index (χ3n) is 6.77. The fraction of sp³-hybridized carbons (Fsp3) is 0.345. The predicted octanol–water partition coefficient (Wildman–Crippen LogP) is 3.65. The van der Waals surface area contributed by atoms with E-state index in [0.29, 0.717) is 31.0 Å². The second-order valence-corrected chi connectivity index (χ2v) is 9.70. The Hall–Kier alpha value is -4.58. The van der Waals surface area contributed by atoms with E-state index in [2.05, 4.69) is 25.3 Å². The van der Waals surface area contributed by atoms with Crippen LogP contribution in [0.15, 0.2) is 70.1 Å². The summed E-state index contributed by atoms with van der Waals surface area (Å²) in [4.78, 5) is 37.4. The number of carbonyl (C=O) groups is 2. The van der Waals surface area contributed by atoms with E-state index in [4.69, 9.17) is 13.7 Å². The van der Waals surface area contributed by atoms with Crippen LogP contribution in [0.1, 0.15) is 30.3 Å². The molecule has 1 aromatic carbocycles. The van der Waals surface area contributed by atoms with E-state index in [9.17, 15) is 14.0 Å². The van der Waals surface area contributed by atoms with Gasteiger partial charge in [-0.3, -0.25) is 14.6 Å². The number of hydrogen-bond acceptors (Lipinski definition) is 9. The maximum Gasteiger partial charge on any atom is 0.287 e. The van der Waals surface area contributed by atoms with Crippen molar-refractivity contribution in [2.45, 2.75) is 25.8 Å². The van der Waals surface area contributed by atoms with Crippen molar-refractivity contribution in [2.75, 3.05) is 39.3 Å². The lowest BCUT2D eigenvalue weighted by Gasteiger charge is -2.25. The van der Waals surface area contributed by atoms with Crippen LogP contribution in [0.25, 0.3) is 22.8 Å². The first-order chi connectivity index (χ1) is 20.0. The first kappa shape index (κ1) is 28.0. The molecular weight excluding hydrogens is 531 g/mol. The van der Waals surface area contributed by atoms with E-state index in [-0.39, 0.29) is 28.9 Å². The van der Waals surface area contributed by atoms with Crippen LogP contribution in [0.4, 0.5) is 4.39 Å². The second kappa shape index (κ2) is 13.2. The van der Waals surface area contributed by atoms with Crippen LogP contribution >= 0.6 is 0 Å². The van der Waals surface area contributed by atoms with E-state index in [1.54, 1.807) is 60.6 Å². The molecule has 4 aromatic rings. The number of carbonyl (C=O) groups excluding carboxylic acids is 2. The molecule has 1 aliphatic heterocycles. The zero-order chi connectivity index (χ0) is 28.6. The minimum atomic E-state index is -0.650. The largest absolute Gasteiger partial charge is 0.493 e. The molecule has 0 bridgehead atoms. The van der Waals surface area contributed by atoms with Gasteiger partial charge in [0, 0.05) is 44.6 Å². The lowest BCUT2D eigenvalue weighted by Crippen LogP contribution is -2.48. The zero-order valence-corrected chi connectivity index (χ0v) is 22.7. The number of aromatic nitrogens is 3. The van der Waals surface area contributed by atoms with Crippen molar-refractivity contribution in [1.29, 1.82) is 0 Å². The first-order valence-electron chi connectivity index (χ1n) is 13.5. The molecule has 5 rings (SSSR count). The van der Waals surface area contributed by atoms with Crippen LogP contribution in [-0.2, 0) is 4.79 Å². The first-order valence-corrected chi connectivity index (χ1v) is 13.5. The Morgan fingerprint density at radius 3 is 2.83 bits per heavy atom. The van der Waals surface area contributed by atoms with Crippen molar-refractivity contribution in [3.63, 3.8) is 0 Å². The Morgan fingerprint density at radius 2 is 2.05 bits per heavy atom. The van der Waals surface area contributed by atoms with Crippen molar-refractivity contribution in [2.24, 2.45) is 0 Å². The second-order valence-electron chi connectivity index (χ2n) is 9.70. The molecule has 0 saturated carbocycles. The minimum Gasteiger partial charge on any atom is -0.493 e. The number of nitrogens with one attached hydrogen (secondary N) is 1. The molecule has 2 amide bonds. The molecule has 0 aliphatic carbocycles. The van der Waals surface area contributed by atoms with Crippen molar-refractivity contribution in [1.82, 2.24) is 30.2 Å². The zero-order valence-electron chi connectivity index (χ0n) is 22.7. The number of pyridine rings is 1. The Labute approximate surface area is 236 Å². The van der Waals surface area contributed by atoms with E-state index in [1.165, 1.54) is 12.3 Å². The number of amides is 2. The molecule has 1 saturated heterocycles. The van der Waals surface area contributed by atoms with Gasteiger partial charge in [-0.25, -0.2) is 4.39 Å². The molecule has 3 aromatic heterocycles. The van der Waals surface area contributed by atoms with Gasteiger partial charge < -0.3 is 28.8 Å². The van der Waals surface area contributed by atoms with E-state index in [0.717, 1.165) is 32.5 Å². The van der Waals surface area contributed by atoms with Gasteiger partial charge in [0.1, 0.15) is 17.6 Å². The molecule has 1 aliphatic rings. The standard InChI is InChI=1S/C29H31FN6O5/c1-20(32-27(37)25-7-3-16-40-25)29(38)36-13-4-11-35(14-15-36)12-5-17-39-22-8-9-23(24(30)18-22)26-33-28(41-34-26)21-6-2-10-31-19-21/h2-3,6-10,16,18-20H,4-5,11-15,17H2,1H3,(H,32,37)/t20-/m0/s1. The van der Waals surface area contributed by atoms with Gasteiger partial charge in [-0.2, -0.15) is 4.98 Å². The highest BCUT2D eigenvalue weighted by molar-refractivity contribution is 5.95. The number of nitrogens with zero attached hydrogens (tertiary/aromatic N) is 5. The summed E-state index contributed by atoms with van der Waals surface area (Å²) < 4.78 is 30.9. The Balaban J connectivity index is 1.05. The van der Waals surface area contributed by atoms with E-state index < -0.39 is 17.8 Å². The molecule has 214 valence electrons. The summed E-state index contributed by atoms with van der Waals surface area (Å²) in [7, 11) is 0. The van der Waals surface area contributed by atoms with Gasteiger partial charge in [0.2, 0.25) is 11.7 Å². The van der Waals surface area contributed by atoms with Gasteiger partial charge in [-0.15, -0.1) is 0 Å². The Kier molecular flexibility index (Phi) is 8.99. The van der Waals surface area contributed by atoms with E-state index >= 15 is 0 Å². The Morgan fingerprint density at radius 1 is 1.15 bits per heavy atom. The molecule has 1 atom stereocenters. The number of rotatable bonds is 10. The van der Waals surface area contributed by atoms with Crippen LogP contribution in [0.2, 0.25) is 0 Å². The van der Waals surface area contributed by atoms with Crippen LogP contribution in [0.3, 0.4) is 0 Å². The molecule has 41 heavy (non-hydrogen) atoms. The summed E-state index contributed by atoms with van der Waals surface area (Å²) in [6.07, 6.45) is 6.22. The summed E-state index contributed by atoms with van der Waals surface area (Å²) in [6.45, 7) is 5.66.